The predicted molar refractivity (Wildman–Crippen MR) is 209 cm³/mol. The van der Waals surface area contributed by atoms with Crippen molar-refractivity contribution in [2.24, 2.45) is 11.7 Å². The van der Waals surface area contributed by atoms with Crippen molar-refractivity contribution in [3.63, 3.8) is 0 Å². The molecule has 1 saturated carbocycles. The van der Waals surface area contributed by atoms with Gasteiger partial charge in [0.25, 0.3) is 23.6 Å². The Kier molecular flexibility index (Phi) is 10.8. The van der Waals surface area contributed by atoms with E-state index in [1.165, 1.54) is 11.1 Å². The Hall–Kier alpha value is -5.59. The summed E-state index contributed by atoms with van der Waals surface area (Å²) in [6, 6.07) is 10.9. The molecule has 1 aromatic heterocycles. The van der Waals surface area contributed by atoms with Crippen molar-refractivity contribution in [1.29, 1.82) is 5.26 Å². The number of amides is 5. The number of hydrogen-bond acceptors (Lipinski definition) is 12. The van der Waals surface area contributed by atoms with Crippen LogP contribution in [0, 0.1) is 17.2 Å². The highest BCUT2D eigenvalue weighted by atomic mass is 35.5. The number of nitrogens with two attached hydrogens (primary N) is 1. The normalized spacial score (nSPS) is 23.5. The smallest absolute Gasteiger partial charge is 0.268 e. The van der Waals surface area contributed by atoms with E-state index in [0.29, 0.717) is 47.9 Å². The van der Waals surface area contributed by atoms with Crippen LogP contribution in [0.5, 0.6) is 5.75 Å². The molecule has 1 atom stereocenters. The number of imide groups is 2. The van der Waals surface area contributed by atoms with E-state index in [-0.39, 0.29) is 47.7 Å². The molecule has 5 amide bonds. The number of benzene rings is 2. The van der Waals surface area contributed by atoms with Gasteiger partial charge in [0.15, 0.2) is 0 Å². The molecule has 3 saturated heterocycles. The van der Waals surface area contributed by atoms with Gasteiger partial charge in [-0.1, -0.05) is 11.6 Å². The first kappa shape index (κ1) is 38.3. The minimum atomic E-state index is -1.04. The second-order valence-corrected chi connectivity index (χ2v) is 15.9. The van der Waals surface area contributed by atoms with Gasteiger partial charge in [-0.15, -0.1) is 0 Å². The van der Waals surface area contributed by atoms with Gasteiger partial charge in [0.1, 0.15) is 29.4 Å². The van der Waals surface area contributed by atoms with Gasteiger partial charge < -0.3 is 20.3 Å². The molecule has 0 radical (unpaired) electrons. The number of primary amides is 1. The van der Waals surface area contributed by atoms with Crippen LogP contribution in [0.15, 0.2) is 48.8 Å². The molecule has 0 bridgehead atoms. The summed E-state index contributed by atoms with van der Waals surface area (Å²) in [4.78, 5) is 83.9. The molecule has 1 aliphatic carbocycles. The molecule has 3 aromatic rings. The number of aromatic nitrogens is 2. The summed E-state index contributed by atoms with van der Waals surface area (Å²) in [5.41, 5.74) is 7.24. The number of anilines is 2. The van der Waals surface area contributed by atoms with Crippen LogP contribution in [0.4, 0.5) is 11.5 Å². The Labute approximate surface area is 335 Å². The zero-order valence-corrected chi connectivity index (χ0v) is 32.3. The number of piperazine rings is 1. The van der Waals surface area contributed by atoms with Crippen LogP contribution in [-0.4, -0.2) is 118 Å². The minimum absolute atomic E-state index is 0.0690. The first-order valence-corrected chi connectivity index (χ1v) is 20.0. The second kappa shape index (κ2) is 16.1. The molecule has 8 rings (SSSR count). The van der Waals surface area contributed by atoms with Gasteiger partial charge in [0.2, 0.25) is 5.91 Å². The monoisotopic (exact) mass is 793 g/mol. The highest BCUT2D eigenvalue weighted by Gasteiger charge is 2.49. The predicted octanol–water partition coefficient (Wildman–Crippen LogP) is 3.64. The quantitative estimate of drug-likeness (QED) is 0.311. The lowest BCUT2D eigenvalue weighted by Gasteiger charge is -2.41. The van der Waals surface area contributed by atoms with Crippen LogP contribution in [0.1, 0.15) is 88.1 Å². The largest absolute Gasteiger partial charge is 0.490 e. The van der Waals surface area contributed by atoms with Crippen molar-refractivity contribution in [3.05, 3.63) is 76.2 Å². The Morgan fingerprint density at radius 1 is 0.825 bits per heavy atom. The molecule has 4 fully saturated rings. The zero-order chi connectivity index (χ0) is 39.8. The molecule has 296 valence electrons. The Balaban J connectivity index is 0.837. The van der Waals surface area contributed by atoms with E-state index in [9.17, 15) is 24.0 Å². The third-order valence-electron chi connectivity index (χ3n) is 12.1. The maximum atomic E-state index is 14.0. The number of fused-ring (bicyclic) bond motifs is 1. The summed E-state index contributed by atoms with van der Waals surface area (Å²) in [6.07, 6.45) is 7.36. The maximum Gasteiger partial charge on any atom is 0.268 e. The molecular weight excluding hydrogens is 750 g/mol. The number of ether oxygens (including phenoxy) is 1. The van der Waals surface area contributed by atoms with Crippen molar-refractivity contribution in [2.45, 2.75) is 69.6 Å². The third-order valence-corrected chi connectivity index (χ3v) is 12.4. The third kappa shape index (κ3) is 7.76. The van der Waals surface area contributed by atoms with Crippen LogP contribution in [0.3, 0.4) is 0 Å². The molecule has 2 aromatic carbocycles. The fourth-order valence-corrected chi connectivity index (χ4v) is 9.13. The highest BCUT2D eigenvalue weighted by Crippen LogP contribution is 2.35. The van der Waals surface area contributed by atoms with Gasteiger partial charge in [-0.05, 0) is 81.2 Å². The summed E-state index contributed by atoms with van der Waals surface area (Å²) in [5, 5.41) is 9.46. The van der Waals surface area contributed by atoms with Gasteiger partial charge in [-0.2, -0.15) is 5.26 Å². The maximum absolute atomic E-state index is 14.0. The molecule has 16 heteroatoms. The van der Waals surface area contributed by atoms with Crippen LogP contribution < -0.4 is 20.3 Å². The van der Waals surface area contributed by atoms with E-state index in [2.05, 4.69) is 24.7 Å². The van der Waals surface area contributed by atoms with Crippen molar-refractivity contribution in [1.82, 2.24) is 24.7 Å². The average Bonchev–Trinajstić information content (AvgIpc) is 3.47. The lowest BCUT2D eigenvalue weighted by molar-refractivity contribution is -0.155. The SMILES string of the molecule is N#Cc1ccc(OC2CCC(N3C(=O)CCC(N4C(=O)c5ccc(N6CCN(CC7CCN(c8cnc(C(N)=O)cn8)CC7)CC6)cc5C4=O)C3=O)CC2)cc1Cl. The second-order valence-electron chi connectivity index (χ2n) is 15.5. The van der Waals surface area contributed by atoms with Crippen molar-refractivity contribution >= 4 is 52.6 Å². The molecule has 4 aliphatic heterocycles. The van der Waals surface area contributed by atoms with Crippen molar-refractivity contribution < 1.29 is 28.7 Å². The van der Waals surface area contributed by atoms with E-state index >= 15 is 0 Å². The Morgan fingerprint density at radius 2 is 1.56 bits per heavy atom. The van der Waals surface area contributed by atoms with Crippen LogP contribution >= 0.6 is 11.6 Å². The number of nitriles is 1. The lowest BCUT2D eigenvalue weighted by atomic mass is 9.89. The molecule has 0 spiro atoms. The van der Waals surface area contributed by atoms with E-state index in [1.54, 1.807) is 36.5 Å². The molecule has 1 unspecified atom stereocenters. The van der Waals surface area contributed by atoms with E-state index in [1.807, 2.05) is 12.1 Å². The average molecular weight is 794 g/mol. The molecule has 5 heterocycles. The minimum Gasteiger partial charge on any atom is -0.490 e. The van der Waals surface area contributed by atoms with E-state index in [4.69, 9.17) is 27.3 Å². The van der Waals surface area contributed by atoms with Gasteiger partial charge in [0.05, 0.1) is 40.2 Å². The van der Waals surface area contributed by atoms with Gasteiger partial charge in [0, 0.05) is 70.0 Å². The van der Waals surface area contributed by atoms with Crippen molar-refractivity contribution in [2.75, 3.05) is 55.6 Å². The van der Waals surface area contributed by atoms with Gasteiger partial charge in [-0.3, -0.25) is 38.7 Å². The van der Waals surface area contributed by atoms with E-state index < -0.39 is 29.7 Å². The van der Waals surface area contributed by atoms with Crippen LogP contribution in [0.25, 0.3) is 0 Å². The molecule has 57 heavy (non-hydrogen) atoms. The summed E-state index contributed by atoms with van der Waals surface area (Å²) < 4.78 is 6.10. The van der Waals surface area contributed by atoms with Gasteiger partial charge in [-0.25, -0.2) is 9.97 Å². The number of carbonyl (C=O) groups excluding carboxylic acids is 5. The number of likely N-dealkylation sites (tertiary alicyclic amines) is 1. The number of piperidine rings is 2. The number of rotatable bonds is 9. The molecule has 15 nitrogen and oxygen atoms in total. The van der Waals surface area contributed by atoms with Crippen LogP contribution in [-0.2, 0) is 9.59 Å². The summed E-state index contributed by atoms with van der Waals surface area (Å²) in [5.74, 6) is -0.521. The highest BCUT2D eigenvalue weighted by molar-refractivity contribution is 6.31. The first-order valence-electron chi connectivity index (χ1n) is 19.7. The molecule has 5 aliphatic rings. The number of nitrogens with zero attached hydrogens (tertiary/aromatic N) is 8. The van der Waals surface area contributed by atoms with E-state index in [0.717, 1.165) is 75.1 Å². The standard InChI is InChI=1S/C41H44ClN9O6/c42-33-20-30(5-1-26(33)21-43)57-29-6-2-27(3-7-29)50-37(52)10-9-35(41(50)56)51-39(54)31-8-4-28(19-32(31)40(51)55)48-17-15-47(16-18-48)24-25-11-13-49(14-12-25)36-23-45-34(22-46-36)38(44)53/h1,4-5,8,19-20,22-23,25,27,29,35H,2-3,6-7,9-18,24H2,(H2,44,53). The van der Waals surface area contributed by atoms with Gasteiger partial charge >= 0.3 is 0 Å². The number of carbonyl (C=O) groups is 5. The van der Waals surface area contributed by atoms with Crippen molar-refractivity contribution in [3.8, 4) is 11.8 Å². The number of halogens is 1. The topological polar surface area (TPSA) is 186 Å². The first-order chi connectivity index (χ1) is 27.6. The zero-order valence-electron chi connectivity index (χ0n) is 31.5. The summed E-state index contributed by atoms with van der Waals surface area (Å²) in [7, 11) is 0. The number of hydrogen-bond donors (Lipinski definition) is 1. The summed E-state index contributed by atoms with van der Waals surface area (Å²) in [6.45, 7) is 6.02. The molecular formula is C41H44ClN9O6. The Bertz CT molecular complexity index is 2120. The molecule has 2 N–H and O–H groups in total. The summed E-state index contributed by atoms with van der Waals surface area (Å²) >= 11 is 6.17. The lowest BCUT2D eigenvalue weighted by Crippen LogP contribution is -2.59. The fraction of sp³-hybridized carbons (Fsp3) is 0.463. The van der Waals surface area contributed by atoms with Crippen LogP contribution in [0.2, 0.25) is 5.02 Å². The Morgan fingerprint density at radius 3 is 2.23 bits per heavy atom. The fourth-order valence-electron chi connectivity index (χ4n) is 8.92.